The summed E-state index contributed by atoms with van der Waals surface area (Å²) >= 11 is 1.70. The van der Waals surface area contributed by atoms with Crippen molar-refractivity contribution in [3.63, 3.8) is 0 Å². The minimum Gasteiger partial charge on any atom is -0.290 e. The van der Waals surface area contributed by atoms with Gasteiger partial charge in [-0.1, -0.05) is 12.1 Å². The monoisotopic (exact) mass is 205 g/mol. The molecule has 0 atom stereocenters. The van der Waals surface area contributed by atoms with Gasteiger partial charge in [0.05, 0.1) is 6.54 Å². The van der Waals surface area contributed by atoms with Crippen LogP contribution in [-0.4, -0.2) is 4.98 Å². The zero-order chi connectivity index (χ0) is 9.80. The largest absolute Gasteiger partial charge is 0.290 e. The van der Waals surface area contributed by atoms with Gasteiger partial charge in [-0.05, 0) is 23.6 Å². The molecule has 0 bridgehead atoms. The average Bonchev–Trinajstić information content (AvgIpc) is 2.72. The highest BCUT2D eigenvalue weighted by Gasteiger charge is 2.03. The molecule has 0 saturated carbocycles. The lowest BCUT2D eigenvalue weighted by Crippen LogP contribution is -2.30. The van der Waals surface area contributed by atoms with E-state index in [2.05, 4.69) is 11.1 Å². The zero-order valence-corrected chi connectivity index (χ0v) is 8.45. The summed E-state index contributed by atoms with van der Waals surface area (Å²) in [5, 5.41) is 3.69. The van der Waals surface area contributed by atoms with Gasteiger partial charge < -0.3 is 0 Å². The Hall–Kier alpha value is -1.39. The Kier molecular flexibility index (Phi) is 2.76. The highest BCUT2D eigenvalue weighted by Crippen LogP contribution is 2.13. The molecule has 72 valence electrons. The summed E-state index contributed by atoms with van der Waals surface area (Å²) in [6, 6.07) is 9.78. The summed E-state index contributed by atoms with van der Waals surface area (Å²) in [6.07, 6.45) is 1.74. The van der Waals surface area contributed by atoms with Gasteiger partial charge in [-0.15, -0.1) is 11.3 Å². The van der Waals surface area contributed by atoms with Crippen LogP contribution in [0, 0.1) is 0 Å². The van der Waals surface area contributed by atoms with Crippen LogP contribution in [0.4, 0.5) is 5.82 Å². The number of nitrogens with two attached hydrogens (primary N) is 1. The number of hydrogen-bond donors (Lipinski definition) is 1. The summed E-state index contributed by atoms with van der Waals surface area (Å²) in [5.41, 5.74) is 0. The van der Waals surface area contributed by atoms with Crippen molar-refractivity contribution in [2.45, 2.75) is 6.54 Å². The van der Waals surface area contributed by atoms with Crippen molar-refractivity contribution < 1.29 is 0 Å². The minimum absolute atomic E-state index is 0.703. The van der Waals surface area contributed by atoms with Crippen LogP contribution in [0.1, 0.15) is 4.88 Å². The fourth-order valence-electron chi connectivity index (χ4n) is 1.18. The fourth-order valence-corrected chi connectivity index (χ4v) is 1.88. The van der Waals surface area contributed by atoms with Crippen molar-refractivity contribution in [3.8, 4) is 0 Å². The van der Waals surface area contributed by atoms with E-state index in [1.165, 1.54) is 4.88 Å². The van der Waals surface area contributed by atoms with Gasteiger partial charge in [0.2, 0.25) is 0 Å². The molecule has 0 amide bonds. The summed E-state index contributed by atoms with van der Waals surface area (Å²) in [5.74, 6) is 6.66. The van der Waals surface area contributed by atoms with Crippen LogP contribution in [0.3, 0.4) is 0 Å². The molecule has 2 aromatic heterocycles. The van der Waals surface area contributed by atoms with Crippen molar-refractivity contribution in [1.29, 1.82) is 0 Å². The van der Waals surface area contributed by atoms with Gasteiger partial charge in [-0.2, -0.15) is 0 Å². The van der Waals surface area contributed by atoms with E-state index in [0.717, 1.165) is 5.82 Å². The highest BCUT2D eigenvalue weighted by molar-refractivity contribution is 7.09. The summed E-state index contributed by atoms with van der Waals surface area (Å²) in [4.78, 5) is 5.40. The van der Waals surface area contributed by atoms with E-state index in [1.807, 2.05) is 29.6 Å². The number of thiophene rings is 1. The second-order valence-corrected chi connectivity index (χ2v) is 3.93. The van der Waals surface area contributed by atoms with Crippen molar-refractivity contribution in [1.82, 2.24) is 4.98 Å². The molecule has 3 nitrogen and oxygen atoms in total. The third-order valence-electron chi connectivity index (χ3n) is 1.85. The van der Waals surface area contributed by atoms with Gasteiger partial charge in [0, 0.05) is 11.1 Å². The topological polar surface area (TPSA) is 42.1 Å². The molecule has 2 N–H and O–H groups in total. The predicted molar refractivity (Wildman–Crippen MR) is 58.9 cm³/mol. The van der Waals surface area contributed by atoms with E-state index in [0.29, 0.717) is 6.54 Å². The van der Waals surface area contributed by atoms with Gasteiger partial charge in [0.1, 0.15) is 5.82 Å². The maximum absolute atomic E-state index is 5.86. The number of pyridine rings is 1. The second kappa shape index (κ2) is 4.21. The Morgan fingerprint density at radius 3 is 2.86 bits per heavy atom. The first-order valence-electron chi connectivity index (χ1n) is 4.32. The first kappa shape index (κ1) is 9.18. The summed E-state index contributed by atoms with van der Waals surface area (Å²) < 4.78 is 0. The Morgan fingerprint density at radius 1 is 1.29 bits per heavy atom. The van der Waals surface area contributed by atoms with Gasteiger partial charge in [-0.3, -0.25) is 5.01 Å². The van der Waals surface area contributed by atoms with E-state index in [4.69, 9.17) is 5.84 Å². The van der Waals surface area contributed by atoms with Crippen molar-refractivity contribution in [3.05, 3.63) is 46.8 Å². The molecular weight excluding hydrogens is 194 g/mol. The van der Waals surface area contributed by atoms with Crippen LogP contribution in [0.15, 0.2) is 41.9 Å². The lowest BCUT2D eigenvalue weighted by Gasteiger charge is -2.15. The van der Waals surface area contributed by atoms with E-state index in [9.17, 15) is 0 Å². The van der Waals surface area contributed by atoms with Crippen LogP contribution < -0.4 is 10.9 Å². The molecule has 0 aliphatic rings. The molecule has 0 aliphatic heterocycles. The number of rotatable bonds is 3. The number of hydrazine groups is 1. The van der Waals surface area contributed by atoms with Crippen molar-refractivity contribution in [2.75, 3.05) is 5.01 Å². The highest BCUT2D eigenvalue weighted by atomic mass is 32.1. The molecule has 2 heterocycles. The number of nitrogens with zero attached hydrogens (tertiary/aromatic N) is 2. The van der Waals surface area contributed by atoms with Crippen molar-refractivity contribution >= 4 is 17.2 Å². The maximum atomic E-state index is 5.86. The molecular formula is C10H11N3S. The van der Waals surface area contributed by atoms with Crippen LogP contribution in [0.5, 0.6) is 0 Å². The van der Waals surface area contributed by atoms with Crippen LogP contribution in [0.25, 0.3) is 0 Å². The Morgan fingerprint density at radius 2 is 2.21 bits per heavy atom. The summed E-state index contributed by atoms with van der Waals surface area (Å²) in [6.45, 7) is 0.703. The van der Waals surface area contributed by atoms with E-state index >= 15 is 0 Å². The normalized spacial score (nSPS) is 10.1. The maximum Gasteiger partial charge on any atom is 0.142 e. The number of hydrogen-bond acceptors (Lipinski definition) is 4. The lowest BCUT2D eigenvalue weighted by atomic mass is 10.4. The van der Waals surface area contributed by atoms with Crippen molar-refractivity contribution in [2.24, 2.45) is 5.84 Å². The van der Waals surface area contributed by atoms with Crippen LogP contribution in [0.2, 0.25) is 0 Å². The predicted octanol–water partition coefficient (Wildman–Crippen LogP) is 2.02. The first-order chi connectivity index (χ1) is 6.86. The molecule has 0 fully saturated rings. The SMILES string of the molecule is NN(Cc1cccs1)c1ccccn1. The Labute approximate surface area is 86.8 Å². The Bertz CT molecular complexity index is 372. The number of anilines is 1. The molecule has 0 spiro atoms. The molecule has 2 rings (SSSR count). The smallest absolute Gasteiger partial charge is 0.142 e. The van der Waals surface area contributed by atoms with E-state index < -0.39 is 0 Å². The standard InChI is InChI=1S/C10H11N3S/c11-13(8-9-4-3-7-14-9)10-5-1-2-6-12-10/h1-7H,8,11H2. The second-order valence-electron chi connectivity index (χ2n) is 2.90. The molecule has 0 saturated heterocycles. The quantitative estimate of drug-likeness (QED) is 0.615. The number of aromatic nitrogens is 1. The first-order valence-corrected chi connectivity index (χ1v) is 5.20. The fraction of sp³-hybridized carbons (Fsp3) is 0.100. The van der Waals surface area contributed by atoms with Gasteiger partial charge in [0.25, 0.3) is 0 Å². The summed E-state index contributed by atoms with van der Waals surface area (Å²) in [7, 11) is 0. The Balaban J connectivity index is 2.07. The van der Waals surface area contributed by atoms with Gasteiger partial charge in [-0.25, -0.2) is 10.8 Å². The average molecular weight is 205 g/mol. The molecule has 2 aromatic rings. The van der Waals surface area contributed by atoms with Gasteiger partial charge >= 0.3 is 0 Å². The molecule has 14 heavy (non-hydrogen) atoms. The molecule has 0 radical (unpaired) electrons. The van der Waals surface area contributed by atoms with Crippen LogP contribution in [-0.2, 0) is 6.54 Å². The minimum atomic E-state index is 0.703. The molecule has 0 unspecified atom stereocenters. The third-order valence-corrected chi connectivity index (χ3v) is 2.71. The molecule has 0 aromatic carbocycles. The molecule has 0 aliphatic carbocycles. The van der Waals surface area contributed by atoms with E-state index in [-0.39, 0.29) is 0 Å². The zero-order valence-electron chi connectivity index (χ0n) is 7.63. The third kappa shape index (κ3) is 2.10. The van der Waals surface area contributed by atoms with E-state index in [1.54, 1.807) is 22.5 Å². The van der Waals surface area contributed by atoms with Crippen LogP contribution >= 0.6 is 11.3 Å². The van der Waals surface area contributed by atoms with Gasteiger partial charge in [0.15, 0.2) is 0 Å². The molecule has 4 heteroatoms. The lowest BCUT2D eigenvalue weighted by molar-refractivity contribution is 0.843.